The second kappa shape index (κ2) is 6.73. The van der Waals surface area contributed by atoms with Gasteiger partial charge in [-0.3, -0.25) is 4.90 Å². The Morgan fingerprint density at radius 2 is 2.28 bits per heavy atom. The lowest BCUT2D eigenvalue weighted by atomic mass is 10.2. The first-order valence-electron chi connectivity index (χ1n) is 6.21. The first-order chi connectivity index (χ1) is 8.78. The molecule has 0 bridgehead atoms. The molecule has 1 atom stereocenters. The zero-order chi connectivity index (χ0) is 12.8. The van der Waals surface area contributed by atoms with Crippen LogP contribution >= 0.6 is 11.3 Å². The van der Waals surface area contributed by atoms with E-state index in [1.807, 2.05) is 19.1 Å². The van der Waals surface area contributed by atoms with E-state index in [2.05, 4.69) is 21.7 Å². The van der Waals surface area contributed by atoms with E-state index in [1.165, 1.54) is 5.56 Å². The van der Waals surface area contributed by atoms with Crippen LogP contribution in [0.25, 0.3) is 0 Å². The van der Waals surface area contributed by atoms with E-state index in [-0.39, 0.29) is 6.10 Å². The molecule has 18 heavy (non-hydrogen) atoms. The molecule has 2 rings (SSSR count). The van der Waals surface area contributed by atoms with Gasteiger partial charge in [-0.2, -0.15) is 11.3 Å². The molecule has 0 saturated heterocycles. The molecule has 0 radical (unpaired) electrons. The van der Waals surface area contributed by atoms with E-state index in [4.69, 9.17) is 4.42 Å². The summed E-state index contributed by atoms with van der Waals surface area (Å²) in [4.78, 5) is 2.22. The van der Waals surface area contributed by atoms with Gasteiger partial charge in [0.25, 0.3) is 0 Å². The lowest BCUT2D eigenvalue weighted by Crippen LogP contribution is -2.31. The van der Waals surface area contributed by atoms with Gasteiger partial charge in [-0.1, -0.05) is 6.92 Å². The molecule has 2 aromatic heterocycles. The van der Waals surface area contributed by atoms with Gasteiger partial charge in [0.2, 0.25) is 0 Å². The van der Waals surface area contributed by atoms with Crippen LogP contribution in [0.2, 0.25) is 0 Å². The average molecular weight is 265 g/mol. The molecule has 0 aliphatic heterocycles. The maximum atomic E-state index is 9.82. The summed E-state index contributed by atoms with van der Waals surface area (Å²) in [5, 5.41) is 14.0. The van der Waals surface area contributed by atoms with Crippen LogP contribution in [0.15, 0.2) is 39.6 Å². The maximum Gasteiger partial charge on any atom is 0.117 e. The molecule has 0 saturated carbocycles. The quantitative estimate of drug-likeness (QED) is 0.835. The van der Waals surface area contributed by atoms with E-state index in [0.29, 0.717) is 6.54 Å². The van der Waals surface area contributed by atoms with Gasteiger partial charge in [-0.25, -0.2) is 0 Å². The molecule has 0 spiro atoms. The lowest BCUT2D eigenvalue weighted by molar-refractivity contribution is 0.0974. The van der Waals surface area contributed by atoms with E-state index in [9.17, 15) is 5.11 Å². The normalized spacial score (nSPS) is 13.1. The fourth-order valence-electron chi connectivity index (χ4n) is 1.88. The molecule has 0 aliphatic carbocycles. The Morgan fingerprint density at radius 1 is 1.39 bits per heavy atom. The Hall–Kier alpha value is -1.10. The van der Waals surface area contributed by atoms with Crippen molar-refractivity contribution in [1.82, 2.24) is 4.90 Å². The smallest absolute Gasteiger partial charge is 0.117 e. The Labute approximate surface area is 112 Å². The molecule has 2 heterocycles. The number of aliphatic hydroxyl groups is 1. The van der Waals surface area contributed by atoms with Gasteiger partial charge in [0.1, 0.15) is 5.76 Å². The summed E-state index contributed by atoms with van der Waals surface area (Å²) in [5.41, 5.74) is 1.29. The number of rotatable bonds is 7. The number of hydrogen-bond donors (Lipinski definition) is 1. The highest BCUT2D eigenvalue weighted by Crippen LogP contribution is 2.14. The van der Waals surface area contributed by atoms with E-state index in [0.717, 1.165) is 25.3 Å². The second-order valence-electron chi connectivity index (χ2n) is 4.44. The van der Waals surface area contributed by atoms with Crippen LogP contribution in [0, 0.1) is 0 Å². The third-order valence-corrected chi connectivity index (χ3v) is 3.62. The maximum absolute atomic E-state index is 9.82. The van der Waals surface area contributed by atoms with Crippen molar-refractivity contribution >= 4 is 11.3 Å². The van der Waals surface area contributed by atoms with Gasteiger partial charge in [-0.15, -0.1) is 0 Å². The molecule has 0 amide bonds. The molecular weight excluding hydrogens is 246 g/mol. The number of furan rings is 1. The number of aliphatic hydroxyl groups excluding tert-OH is 1. The highest BCUT2D eigenvalue weighted by Gasteiger charge is 2.13. The van der Waals surface area contributed by atoms with Gasteiger partial charge in [0.05, 0.1) is 18.9 Å². The highest BCUT2D eigenvalue weighted by atomic mass is 32.1. The molecule has 98 valence electrons. The molecule has 0 aromatic carbocycles. The third kappa shape index (κ3) is 3.98. The topological polar surface area (TPSA) is 36.6 Å². The molecule has 0 fully saturated rings. The van der Waals surface area contributed by atoms with E-state index in [1.54, 1.807) is 17.6 Å². The van der Waals surface area contributed by atoms with E-state index >= 15 is 0 Å². The third-order valence-electron chi connectivity index (χ3n) is 2.89. The summed E-state index contributed by atoms with van der Waals surface area (Å²) in [6, 6.07) is 5.99. The van der Waals surface area contributed by atoms with Crippen molar-refractivity contribution < 1.29 is 9.52 Å². The molecule has 1 N–H and O–H groups in total. The zero-order valence-corrected chi connectivity index (χ0v) is 11.4. The minimum atomic E-state index is -0.279. The largest absolute Gasteiger partial charge is 0.468 e. The Kier molecular flexibility index (Phi) is 4.99. The van der Waals surface area contributed by atoms with Crippen LogP contribution in [0.4, 0.5) is 0 Å². The minimum Gasteiger partial charge on any atom is -0.468 e. The summed E-state index contributed by atoms with van der Waals surface area (Å²) in [5.74, 6) is 0.938. The van der Waals surface area contributed by atoms with Crippen molar-refractivity contribution in [3.63, 3.8) is 0 Å². The van der Waals surface area contributed by atoms with Crippen molar-refractivity contribution in [3.05, 3.63) is 46.5 Å². The molecule has 3 nitrogen and oxygen atoms in total. The van der Waals surface area contributed by atoms with Crippen LogP contribution in [-0.4, -0.2) is 22.7 Å². The fourth-order valence-corrected chi connectivity index (χ4v) is 2.54. The van der Waals surface area contributed by atoms with Gasteiger partial charge in [-0.05, 0) is 40.9 Å². The molecule has 4 heteroatoms. The standard InChI is InChI=1S/C14H19NO2S/c1-2-13(16)9-15(8-12-5-7-18-11-12)10-14-4-3-6-17-14/h3-7,11,13,16H,2,8-10H2,1H3. The number of thiophene rings is 1. The van der Waals surface area contributed by atoms with Gasteiger partial charge >= 0.3 is 0 Å². The van der Waals surface area contributed by atoms with Gasteiger partial charge in [0, 0.05) is 13.1 Å². The fraction of sp³-hybridized carbons (Fsp3) is 0.429. The Balaban J connectivity index is 1.97. The first-order valence-corrected chi connectivity index (χ1v) is 7.16. The zero-order valence-electron chi connectivity index (χ0n) is 10.6. The van der Waals surface area contributed by atoms with Crippen LogP contribution in [0.5, 0.6) is 0 Å². The van der Waals surface area contributed by atoms with Crippen molar-refractivity contribution in [2.24, 2.45) is 0 Å². The van der Waals surface area contributed by atoms with Crippen LogP contribution in [0.3, 0.4) is 0 Å². The number of hydrogen-bond acceptors (Lipinski definition) is 4. The van der Waals surface area contributed by atoms with Crippen LogP contribution in [0.1, 0.15) is 24.7 Å². The molecule has 0 aliphatic rings. The van der Waals surface area contributed by atoms with Crippen LogP contribution in [-0.2, 0) is 13.1 Å². The Morgan fingerprint density at radius 3 is 2.89 bits per heavy atom. The van der Waals surface area contributed by atoms with Crippen LogP contribution < -0.4 is 0 Å². The lowest BCUT2D eigenvalue weighted by Gasteiger charge is -2.23. The predicted octanol–water partition coefficient (Wildman–Crippen LogP) is 3.11. The van der Waals surface area contributed by atoms with Gasteiger partial charge < -0.3 is 9.52 Å². The summed E-state index contributed by atoms with van der Waals surface area (Å²) < 4.78 is 5.38. The summed E-state index contributed by atoms with van der Waals surface area (Å²) in [7, 11) is 0. The molecular formula is C14H19NO2S. The summed E-state index contributed by atoms with van der Waals surface area (Å²) >= 11 is 1.70. The van der Waals surface area contributed by atoms with Crippen molar-refractivity contribution in [3.8, 4) is 0 Å². The van der Waals surface area contributed by atoms with E-state index < -0.39 is 0 Å². The summed E-state index contributed by atoms with van der Waals surface area (Å²) in [6.07, 6.45) is 2.19. The summed E-state index contributed by atoms with van der Waals surface area (Å²) in [6.45, 7) is 4.26. The average Bonchev–Trinajstić information content (AvgIpc) is 3.02. The van der Waals surface area contributed by atoms with Crippen molar-refractivity contribution in [2.75, 3.05) is 6.54 Å². The van der Waals surface area contributed by atoms with Gasteiger partial charge in [0.15, 0.2) is 0 Å². The Bertz CT molecular complexity index is 388. The second-order valence-corrected chi connectivity index (χ2v) is 5.22. The minimum absolute atomic E-state index is 0.279. The highest BCUT2D eigenvalue weighted by molar-refractivity contribution is 7.07. The first kappa shape index (κ1) is 13.3. The molecule has 2 aromatic rings. The van der Waals surface area contributed by atoms with Crippen molar-refractivity contribution in [2.45, 2.75) is 32.5 Å². The van der Waals surface area contributed by atoms with Crippen molar-refractivity contribution in [1.29, 1.82) is 0 Å². The molecule has 1 unspecified atom stereocenters. The monoisotopic (exact) mass is 265 g/mol. The number of nitrogens with zero attached hydrogens (tertiary/aromatic N) is 1. The SMILES string of the molecule is CCC(O)CN(Cc1ccsc1)Cc1ccco1. The predicted molar refractivity (Wildman–Crippen MR) is 73.4 cm³/mol.